The number of tetrazole rings is 1. The molecule has 90 valence electrons. The average molecular weight is 251 g/mol. The van der Waals surface area contributed by atoms with Gasteiger partial charge in [-0.2, -0.15) is 0 Å². The van der Waals surface area contributed by atoms with Crippen LogP contribution in [-0.2, 0) is 7.05 Å². The van der Waals surface area contributed by atoms with Gasteiger partial charge in [0.05, 0.1) is 6.10 Å². The molecule has 0 aliphatic heterocycles. The molecular formula is C10H13N5OS. The molecule has 17 heavy (non-hydrogen) atoms. The van der Waals surface area contributed by atoms with E-state index in [1.165, 1.54) is 11.8 Å². The molecule has 0 aliphatic carbocycles. The van der Waals surface area contributed by atoms with Crippen molar-refractivity contribution in [1.82, 2.24) is 20.2 Å². The molecule has 1 aromatic heterocycles. The van der Waals surface area contributed by atoms with Gasteiger partial charge in [0, 0.05) is 18.5 Å². The summed E-state index contributed by atoms with van der Waals surface area (Å²) in [5.41, 5.74) is 7.10. The Labute approximate surface area is 103 Å². The summed E-state index contributed by atoms with van der Waals surface area (Å²) in [5.74, 6) is 0.498. The molecule has 0 fully saturated rings. The number of aliphatic hydroxyl groups excluding tert-OH is 1. The fraction of sp³-hybridized carbons (Fsp3) is 0.300. The number of rotatable bonds is 4. The molecule has 3 N–H and O–H groups in total. The van der Waals surface area contributed by atoms with Gasteiger partial charge in [-0.25, -0.2) is 4.68 Å². The van der Waals surface area contributed by atoms with Crippen LogP contribution in [0.3, 0.4) is 0 Å². The topological polar surface area (TPSA) is 89.8 Å². The minimum atomic E-state index is -0.558. The molecule has 1 aromatic carbocycles. The first-order valence-corrected chi connectivity index (χ1v) is 6.04. The summed E-state index contributed by atoms with van der Waals surface area (Å²) in [7, 11) is 1.76. The van der Waals surface area contributed by atoms with E-state index in [0.29, 0.717) is 16.6 Å². The summed E-state index contributed by atoms with van der Waals surface area (Å²) in [6.45, 7) is 0. The van der Waals surface area contributed by atoms with Gasteiger partial charge in [-0.15, -0.1) is 5.10 Å². The van der Waals surface area contributed by atoms with Crippen molar-refractivity contribution in [2.75, 3.05) is 11.5 Å². The van der Waals surface area contributed by atoms with E-state index in [1.807, 2.05) is 12.1 Å². The molecule has 0 saturated carbocycles. The molecule has 6 nitrogen and oxygen atoms in total. The molecule has 0 spiro atoms. The van der Waals surface area contributed by atoms with Crippen molar-refractivity contribution in [2.24, 2.45) is 7.05 Å². The summed E-state index contributed by atoms with van der Waals surface area (Å²) >= 11 is 1.41. The summed E-state index contributed by atoms with van der Waals surface area (Å²) in [4.78, 5) is 0. The number of hydrogen-bond acceptors (Lipinski definition) is 6. The minimum Gasteiger partial charge on any atom is -0.399 e. The number of anilines is 1. The van der Waals surface area contributed by atoms with Gasteiger partial charge in [0.15, 0.2) is 0 Å². The Morgan fingerprint density at radius 2 is 2.12 bits per heavy atom. The molecule has 2 rings (SSSR count). The smallest absolute Gasteiger partial charge is 0.209 e. The molecule has 0 aliphatic rings. The van der Waals surface area contributed by atoms with E-state index in [4.69, 9.17) is 5.73 Å². The van der Waals surface area contributed by atoms with E-state index in [-0.39, 0.29) is 0 Å². The Bertz CT molecular complexity index is 484. The van der Waals surface area contributed by atoms with E-state index in [0.717, 1.165) is 5.56 Å². The van der Waals surface area contributed by atoms with Crippen LogP contribution in [0.1, 0.15) is 11.7 Å². The number of benzene rings is 1. The Hall–Kier alpha value is -1.60. The van der Waals surface area contributed by atoms with Crippen LogP contribution in [0.15, 0.2) is 29.4 Å². The predicted octanol–water partition coefficient (Wildman–Crippen LogP) is 0.618. The average Bonchev–Trinajstić information content (AvgIpc) is 2.73. The van der Waals surface area contributed by atoms with Gasteiger partial charge in [-0.3, -0.25) is 0 Å². The number of nitrogens with two attached hydrogens (primary N) is 1. The number of aromatic nitrogens is 4. The highest BCUT2D eigenvalue weighted by Gasteiger charge is 2.10. The summed E-state index contributed by atoms with van der Waals surface area (Å²) < 4.78 is 1.57. The minimum absolute atomic E-state index is 0.498. The van der Waals surface area contributed by atoms with Crippen LogP contribution in [0.4, 0.5) is 5.69 Å². The lowest BCUT2D eigenvalue weighted by Crippen LogP contribution is -2.02. The van der Waals surface area contributed by atoms with Gasteiger partial charge >= 0.3 is 0 Å². The molecule has 0 saturated heterocycles. The molecule has 0 amide bonds. The zero-order valence-electron chi connectivity index (χ0n) is 9.32. The van der Waals surface area contributed by atoms with Crippen LogP contribution >= 0.6 is 11.8 Å². The van der Waals surface area contributed by atoms with Crippen molar-refractivity contribution in [1.29, 1.82) is 0 Å². The van der Waals surface area contributed by atoms with E-state index in [9.17, 15) is 5.11 Å². The van der Waals surface area contributed by atoms with Gasteiger partial charge < -0.3 is 10.8 Å². The Kier molecular flexibility index (Phi) is 3.60. The highest BCUT2D eigenvalue weighted by molar-refractivity contribution is 7.99. The molecule has 1 unspecified atom stereocenters. The molecule has 1 atom stereocenters. The SMILES string of the molecule is Cn1nnnc1SCC(O)c1ccc(N)cc1. The zero-order valence-corrected chi connectivity index (χ0v) is 10.1. The Balaban J connectivity index is 1.95. The van der Waals surface area contributed by atoms with Crippen LogP contribution in [0, 0.1) is 0 Å². The van der Waals surface area contributed by atoms with Crippen LogP contribution in [0.2, 0.25) is 0 Å². The predicted molar refractivity (Wildman–Crippen MR) is 65.3 cm³/mol. The van der Waals surface area contributed by atoms with Gasteiger partial charge in [0.1, 0.15) is 0 Å². The first-order chi connectivity index (χ1) is 8.16. The molecule has 0 bridgehead atoms. The summed E-state index contributed by atoms with van der Waals surface area (Å²) in [6, 6.07) is 7.17. The lowest BCUT2D eigenvalue weighted by molar-refractivity contribution is 0.204. The van der Waals surface area contributed by atoms with Crippen LogP contribution in [0.5, 0.6) is 0 Å². The molecule has 1 heterocycles. The fourth-order valence-corrected chi connectivity index (χ4v) is 2.13. The van der Waals surface area contributed by atoms with Gasteiger partial charge in [-0.05, 0) is 28.1 Å². The second kappa shape index (κ2) is 5.15. The van der Waals surface area contributed by atoms with Crippen LogP contribution in [-0.4, -0.2) is 31.1 Å². The number of hydrogen-bond donors (Lipinski definition) is 2. The van der Waals surface area contributed by atoms with Crippen molar-refractivity contribution >= 4 is 17.4 Å². The van der Waals surface area contributed by atoms with Gasteiger partial charge in [0.2, 0.25) is 5.16 Å². The third kappa shape index (κ3) is 2.95. The lowest BCUT2D eigenvalue weighted by atomic mass is 10.1. The summed E-state index contributed by atoms with van der Waals surface area (Å²) in [6.07, 6.45) is -0.558. The number of aryl methyl sites for hydroxylation is 1. The van der Waals surface area contributed by atoms with Gasteiger partial charge in [0.25, 0.3) is 0 Å². The van der Waals surface area contributed by atoms with E-state index in [1.54, 1.807) is 23.9 Å². The van der Waals surface area contributed by atoms with E-state index in [2.05, 4.69) is 15.5 Å². The highest BCUT2D eigenvalue weighted by Crippen LogP contribution is 2.22. The Morgan fingerprint density at radius 1 is 1.41 bits per heavy atom. The lowest BCUT2D eigenvalue weighted by Gasteiger charge is -2.09. The maximum atomic E-state index is 9.96. The van der Waals surface area contributed by atoms with Crippen molar-refractivity contribution in [2.45, 2.75) is 11.3 Å². The maximum Gasteiger partial charge on any atom is 0.209 e. The number of nitrogens with zero attached hydrogens (tertiary/aromatic N) is 4. The zero-order chi connectivity index (χ0) is 12.3. The monoisotopic (exact) mass is 251 g/mol. The molecule has 2 aromatic rings. The van der Waals surface area contributed by atoms with Crippen molar-refractivity contribution in [3.8, 4) is 0 Å². The molecule has 0 radical (unpaired) electrons. The first-order valence-electron chi connectivity index (χ1n) is 5.05. The normalized spacial score (nSPS) is 12.6. The van der Waals surface area contributed by atoms with Crippen LogP contribution < -0.4 is 5.73 Å². The quantitative estimate of drug-likeness (QED) is 0.611. The molecular weight excluding hydrogens is 238 g/mol. The third-order valence-electron chi connectivity index (χ3n) is 2.27. The fourth-order valence-electron chi connectivity index (χ4n) is 1.31. The van der Waals surface area contributed by atoms with Crippen molar-refractivity contribution < 1.29 is 5.11 Å². The Morgan fingerprint density at radius 3 is 2.71 bits per heavy atom. The van der Waals surface area contributed by atoms with E-state index < -0.39 is 6.10 Å². The highest BCUT2D eigenvalue weighted by atomic mass is 32.2. The van der Waals surface area contributed by atoms with Gasteiger partial charge in [-0.1, -0.05) is 23.9 Å². The number of thioether (sulfide) groups is 1. The van der Waals surface area contributed by atoms with Crippen molar-refractivity contribution in [3.63, 3.8) is 0 Å². The first kappa shape index (κ1) is 11.9. The number of nitrogen functional groups attached to an aromatic ring is 1. The maximum absolute atomic E-state index is 9.96. The van der Waals surface area contributed by atoms with Crippen LogP contribution in [0.25, 0.3) is 0 Å². The summed E-state index contributed by atoms with van der Waals surface area (Å²) in [5, 5.41) is 21.7. The van der Waals surface area contributed by atoms with E-state index >= 15 is 0 Å². The second-order valence-corrected chi connectivity index (χ2v) is 4.57. The standard InChI is InChI=1S/C10H13N5OS/c1-15-10(12-13-14-15)17-6-9(16)7-2-4-8(11)5-3-7/h2-5,9,16H,6,11H2,1H3. The number of aliphatic hydroxyl groups is 1. The molecule has 7 heteroatoms. The second-order valence-electron chi connectivity index (χ2n) is 3.58. The largest absolute Gasteiger partial charge is 0.399 e. The van der Waals surface area contributed by atoms with Crippen molar-refractivity contribution in [3.05, 3.63) is 29.8 Å². The third-order valence-corrected chi connectivity index (χ3v) is 3.36.